The summed E-state index contributed by atoms with van der Waals surface area (Å²) in [7, 11) is -0.844. The van der Waals surface area contributed by atoms with Gasteiger partial charge in [0.15, 0.2) is 0 Å². The van der Waals surface area contributed by atoms with E-state index in [0.29, 0.717) is 13.0 Å². The predicted octanol–water partition coefficient (Wildman–Crippen LogP) is 5.92. The molecule has 4 aromatic carbocycles. The van der Waals surface area contributed by atoms with E-state index < -0.39 is 25.4 Å². The largest absolute Gasteiger partial charge is 0.354 e. The third-order valence-corrected chi connectivity index (χ3v) is 9.90. The number of nitrogens with zero attached hydrogens (tertiary/aromatic N) is 1. The van der Waals surface area contributed by atoms with Gasteiger partial charge in [0.2, 0.25) is 11.8 Å². The second-order valence-electron chi connectivity index (χ2n) is 12.0. The molecule has 0 aromatic heterocycles. The molecule has 0 spiro atoms. The predicted molar refractivity (Wildman–Crippen MR) is 186 cm³/mol. The number of hydrogen-bond acceptors (Lipinski definition) is 3. The van der Waals surface area contributed by atoms with Crippen molar-refractivity contribution in [3.8, 4) is 0 Å². The maximum absolute atomic E-state index is 13.9. The normalized spacial score (nSPS) is 13.0. The first kappa shape index (κ1) is 32.8. The van der Waals surface area contributed by atoms with E-state index in [2.05, 4.69) is 84.3 Å². The molecule has 4 aromatic rings. The summed E-state index contributed by atoms with van der Waals surface area (Å²) in [5.74, 6) is -0.430. The number of rotatable bonds is 13. The standard InChI is InChI=1S/C38H44N3O2P/c1-5-6-26-39-36(42)33(27-29-18-10-7-11-19-29)41-37(43)35(38(2,3)4)40-28-30-20-16-17-25-34(30)44(31-21-12-8-13-22-31)32-23-14-9-15-24-32/h7-25,28,33,35H,5-6,26-27H2,1-4H3,(H,39,42)(H,41,43)/b40-28+/t33-,35?/m0/s1. The molecule has 2 amide bonds. The van der Waals surface area contributed by atoms with Gasteiger partial charge in [-0.15, -0.1) is 0 Å². The molecule has 44 heavy (non-hydrogen) atoms. The lowest BCUT2D eigenvalue weighted by Gasteiger charge is -2.28. The van der Waals surface area contributed by atoms with E-state index in [-0.39, 0.29) is 11.8 Å². The number of amides is 2. The number of benzene rings is 4. The Morgan fingerprint density at radius 3 is 1.89 bits per heavy atom. The van der Waals surface area contributed by atoms with E-state index in [0.717, 1.165) is 24.0 Å². The number of hydrogen-bond donors (Lipinski definition) is 2. The molecule has 0 saturated heterocycles. The fraction of sp³-hybridized carbons (Fsp3) is 0.289. The Bertz CT molecular complexity index is 1460. The van der Waals surface area contributed by atoms with Crippen molar-refractivity contribution in [3.63, 3.8) is 0 Å². The fourth-order valence-electron chi connectivity index (χ4n) is 5.04. The highest BCUT2D eigenvalue weighted by Gasteiger charge is 2.33. The Morgan fingerprint density at radius 1 is 0.773 bits per heavy atom. The molecule has 2 N–H and O–H groups in total. The average molecular weight is 606 g/mol. The Labute approximate surface area is 264 Å². The summed E-state index contributed by atoms with van der Waals surface area (Å²) < 4.78 is 0. The van der Waals surface area contributed by atoms with Gasteiger partial charge in [-0.2, -0.15) is 0 Å². The van der Waals surface area contributed by atoms with Crippen LogP contribution in [0, 0.1) is 5.41 Å². The Morgan fingerprint density at radius 2 is 1.32 bits per heavy atom. The minimum absolute atomic E-state index is 0.172. The molecule has 228 valence electrons. The van der Waals surface area contributed by atoms with Crippen LogP contribution in [0.4, 0.5) is 0 Å². The summed E-state index contributed by atoms with van der Waals surface area (Å²) in [6.45, 7) is 8.70. The second-order valence-corrected chi connectivity index (χ2v) is 14.2. The minimum Gasteiger partial charge on any atom is -0.354 e. The van der Waals surface area contributed by atoms with Crippen molar-refractivity contribution in [3.05, 3.63) is 126 Å². The smallest absolute Gasteiger partial charge is 0.245 e. The third-order valence-electron chi connectivity index (χ3n) is 7.38. The Hall–Kier alpha value is -4.08. The summed E-state index contributed by atoms with van der Waals surface area (Å²) >= 11 is 0. The van der Waals surface area contributed by atoms with Crippen LogP contribution in [0.2, 0.25) is 0 Å². The number of carbonyl (C=O) groups is 2. The van der Waals surface area contributed by atoms with Crippen molar-refractivity contribution in [2.75, 3.05) is 6.54 Å². The maximum Gasteiger partial charge on any atom is 0.245 e. The highest BCUT2D eigenvalue weighted by atomic mass is 31.1. The molecule has 1 unspecified atom stereocenters. The van der Waals surface area contributed by atoms with Gasteiger partial charge in [0, 0.05) is 24.7 Å². The molecule has 0 radical (unpaired) electrons. The second kappa shape index (κ2) is 16.1. The molecule has 2 atom stereocenters. The van der Waals surface area contributed by atoms with Crippen molar-refractivity contribution < 1.29 is 9.59 Å². The zero-order chi connectivity index (χ0) is 31.4. The van der Waals surface area contributed by atoms with Crippen molar-refractivity contribution in [2.24, 2.45) is 10.4 Å². The van der Waals surface area contributed by atoms with Crippen LogP contribution in [0.1, 0.15) is 51.7 Å². The zero-order valence-electron chi connectivity index (χ0n) is 26.2. The molecule has 0 aliphatic rings. The van der Waals surface area contributed by atoms with Crippen LogP contribution in [0.15, 0.2) is 120 Å². The average Bonchev–Trinajstić information content (AvgIpc) is 3.02. The van der Waals surface area contributed by atoms with Gasteiger partial charge in [-0.05, 0) is 41.2 Å². The minimum atomic E-state index is -0.844. The first-order chi connectivity index (χ1) is 21.3. The van der Waals surface area contributed by atoms with Crippen LogP contribution >= 0.6 is 7.92 Å². The Balaban J connectivity index is 1.64. The molecule has 0 aliphatic heterocycles. The number of carbonyl (C=O) groups excluding carboxylic acids is 2. The third kappa shape index (κ3) is 9.21. The lowest BCUT2D eigenvalue weighted by atomic mass is 9.86. The Kier molecular flexibility index (Phi) is 12.0. The van der Waals surface area contributed by atoms with Crippen LogP contribution in [0.25, 0.3) is 0 Å². The maximum atomic E-state index is 13.9. The van der Waals surface area contributed by atoms with Crippen molar-refractivity contribution in [2.45, 2.75) is 59.0 Å². The summed E-state index contributed by atoms with van der Waals surface area (Å²) in [5, 5.41) is 9.74. The van der Waals surface area contributed by atoms with E-state index in [1.54, 1.807) is 0 Å². The van der Waals surface area contributed by atoms with Crippen molar-refractivity contribution in [1.29, 1.82) is 0 Å². The van der Waals surface area contributed by atoms with Crippen LogP contribution < -0.4 is 26.5 Å². The van der Waals surface area contributed by atoms with Crippen LogP contribution in [-0.4, -0.2) is 36.7 Å². The van der Waals surface area contributed by atoms with Gasteiger partial charge in [-0.3, -0.25) is 14.6 Å². The molecule has 0 aliphatic carbocycles. The number of unbranched alkanes of at least 4 members (excludes halogenated alkanes) is 1. The molecular formula is C38H44N3O2P. The molecular weight excluding hydrogens is 561 g/mol. The first-order valence-electron chi connectivity index (χ1n) is 15.4. The SMILES string of the molecule is CCCCNC(=O)[C@H](Cc1ccccc1)NC(=O)C(/N=C/c1ccccc1P(c1ccccc1)c1ccccc1)C(C)(C)C. The topological polar surface area (TPSA) is 70.6 Å². The van der Waals surface area contributed by atoms with E-state index in [9.17, 15) is 9.59 Å². The van der Waals surface area contributed by atoms with Gasteiger partial charge < -0.3 is 10.6 Å². The van der Waals surface area contributed by atoms with E-state index >= 15 is 0 Å². The van der Waals surface area contributed by atoms with E-state index in [1.165, 1.54) is 15.9 Å². The monoisotopic (exact) mass is 605 g/mol. The summed E-state index contributed by atoms with van der Waals surface area (Å²) in [6.07, 6.45) is 4.13. The van der Waals surface area contributed by atoms with Crippen molar-refractivity contribution in [1.82, 2.24) is 10.6 Å². The molecule has 0 bridgehead atoms. The van der Waals surface area contributed by atoms with Gasteiger partial charge in [0.25, 0.3) is 0 Å². The van der Waals surface area contributed by atoms with Crippen LogP contribution in [0.5, 0.6) is 0 Å². The quantitative estimate of drug-likeness (QED) is 0.113. The van der Waals surface area contributed by atoms with Gasteiger partial charge in [-0.1, -0.05) is 149 Å². The van der Waals surface area contributed by atoms with Gasteiger partial charge >= 0.3 is 0 Å². The van der Waals surface area contributed by atoms with E-state index in [1.807, 2.05) is 75.5 Å². The fourth-order valence-corrected chi connectivity index (χ4v) is 7.46. The highest BCUT2D eigenvalue weighted by molar-refractivity contribution is 7.80. The molecule has 4 rings (SSSR count). The highest BCUT2D eigenvalue weighted by Crippen LogP contribution is 2.34. The van der Waals surface area contributed by atoms with Gasteiger partial charge in [0.05, 0.1) is 0 Å². The molecule has 0 fully saturated rings. The summed E-state index contributed by atoms with van der Waals surface area (Å²) in [6, 6.07) is 37.8. The van der Waals surface area contributed by atoms with Crippen LogP contribution in [0.3, 0.4) is 0 Å². The van der Waals surface area contributed by atoms with Crippen LogP contribution in [-0.2, 0) is 16.0 Å². The number of aliphatic imine (C=N–C) groups is 1. The zero-order valence-corrected chi connectivity index (χ0v) is 27.1. The number of nitrogens with one attached hydrogen (secondary N) is 2. The first-order valence-corrected chi connectivity index (χ1v) is 16.8. The lowest BCUT2D eigenvalue weighted by Crippen LogP contribution is -2.52. The molecule has 0 saturated carbocycles. The van der Waals surface area contributed by atoms with Gasteiger partial charge in [-0.25, -0.2) is 0 Å². The molecule has 6 heteroatoms. The summed E-state index contributed by atoms with van der Waals surface area (Å²) in [4.78, 5) is 32.1. The molecule has 0 heterocycles. The van der Waals surface area contributed by atoms with E-state index in [4.69, 9.17) is 4.99 Å². The van der Waals surface area contributed by atoms with Crippen molar-refractivity contribution >= 4 is 41.9 Å². The van der Waals surface area contributed by atoms with Gasteiger partial charge in [0.1, 0.15) is 12.1 Å². The molecule has 5 nitrogen and oxygen atoms in total. The summed E-state index contributed by atoms with van der Waals surface area (Å²) in [5.41, 5.74) is 1.49. The lowest BCUT2D eigenvalue weighted by molar-refractivity contribution is -0.130.